The summed E-state index contributed by atoms with van der Waals surface area (Å²) in [4.78, 5) is 4.22. The molecule has 0 spiro atoms. The molecule has 0 atom stereocenters. The summed E-state index contributed by atoms with van der Waals surface area (Å²) in [6.45, 7) is 8.07. The number of hydrogen-bond donors (Lipinski definition) is 1. The van der Waals surface area contributed by atoms with Crippen LogP contribution in [0.4, 0.5) is 5.69 Å². The van der Waals surface area contributed by atoms with Gasteiger partial charge >= 0.3 is 0 Å². The molecule has 0 saturated heterocycles. The van der Waals surface area contributed by atoms with E-state index in [0.29, 0.717) is 0 Å². The Hall–Kier alpha value is -1.31. The second-order valence-electron chi connectivity index (χ2n) is 2.97. The zero-order chi connectivity index (χ0) is 9.68. The van der Waals surface area contributed by atoms with Crippen molar-refractivity contribution in [3.63, 3.8) is 0 Å². The van der Waals surface area contributed by atoms with Gasteiger partial charge in [-0.05, 0) is 25.0 Å². The fraction of sp³-hybridized carbons (Fsp3) is 0.364. The number of nitrogens with one attached hydrogen (secondary N) is 1. The van der Waals surface area contributed by atoms with Crippen LogP contribution in [-0.4, -0.2) is 4.98 Å². The quantitative estimate of drug-likeness (QED) is 0.762. The fourth-order valence-electron chi connectivity index (χ4n) is 1.04. The van der Waals surface area contributed by atoms with Crippen molar-refractivity contribution >= 4 is 5.69 Å². The molecule has 0 fully saturated rings. The molecular formula is C11H16N2. The Kier molecular flexibility index (Phi) is 3.50. The third-order valence-electron chi connectivity index (χ3n) is 1.93. The lowest BCUT2D eigenvalue weighted by Crippen LogP contribution is -1.97. The molecule has 0 aliphatic heterocycles. The van der Waals surface area contributed by atoms with Gasteiger partial charge in [-0.25, -0.2) is 0 Å². The second kappa shape index (κ2) is 4.65. The van der Waals surface area contributed by atoms with Gasteiger partial charge in [-0.3, -0.25) is 4.98 Å². The molecule has 13 heavy (non-hydrogen) atoms. The van der Waals surface area contributed by atoms with Crippen LogP contribution in [0.15, 0.2) is 30.6 Å². The van der Waals surface area contributed by atoms with Crippen LogP contribution in [0, 0.1) is 0 Å². The molecule has 1 N–H and O–H groups in total. The van der Waals surface area contributed by atoms with Gasteiger partial charge in [0.1, 0.15) is 0 Å². The maximum absolute atomic E-state index is 4.22. The maximum Gasteiger partial charge on any atom is 0.0421 e. The molecule has 0 radical (unpaired) electrons. The number of nitrogens with zero attached hydrogens (tertiary/aromatic N) is 1. The first-order chi connectivity index (χ1) is 6.26. The summed E-state index contributed by atoms with van der Waals surface area (Å²) in [6, 6.07) is 4.01. The number of rotatable bonds is 4. The second-order valence-corrected chi connectivity index (χ2v) is 2.97. The molecule has 0 saturated carbocycles. The Morgan fingerprint density at radius 2 is 2.31 bits per heavy atom. The van der Waals surface area contributed by atoms with E-state index in [0.717, 1.165) is 29.9 Å². The molecule has 0 bridgehead atoms. The number of aromatic nitrogens is 1. The highest BCUT2D eigenvalue weighted by Gasteiger charge is 1.95. The molecule has 1 heterocycles. The van der Waals surface area contributed by atoms with E-state index in [9.17, 15) is 0 Å². The van der Waals surface area contributed by atoms with Crippen molar-refractivity contribution in [2.24, 2.45) is 0 Å². The predicted molar refractivity (Wildman–Crippen MR) is 56.7 cm³/mol. The van der Waals surface area contributed by atoms with Gasteiger partial charge in [0.15, 0.2) is 0 Å². The molecule has 0 aliphatic carbocycles. The Morgan fingerprint density at radius 3 is 2.92 bits per heavy atom. The smallest absolute Gasteiger partial charge is 0.0421 e. The topological polar surface area (TPSA) is 24.9 Å². The molecular weight excluding hydrogens is 160 g/mol. The van der Waals surface area contributed by atoms with Crippen molar-refractivity contribution in [1.29, 1.82) is 0 Å². The van der Waals surface area contributed by atoms with Crippen LogP contribution in [0.3, 0.4) is 0 Å². The first kappa shape index (κ1) is 9.78. The van der Waals surface area contributed by atoms with Gasteiger partial charge in [0.2, 0.25) is 0 Å². The zero-order valence-corrected chi connectivity index (χ0v) is 8.30. The summed E-state index contributed by atoms with van der Waals surface area (Å²) < 4.78 is 0. The normalized spacial score (nSPS) is 9.69. The molecule has 0 amide bonds. The minimum Gasteiger partial charge on any atom is -0.359 e. The summed E-state index contributed by atoms with van der Waals surface area (Å²) in [7, 11) is 0. The van der Waals surface area contributed by atoms with Crippen molar-refractivity contribution in [2.75, 3.05) is 5.32 Å². The lowest BCUT2D eigenvalue weighted by atomic mass is 10.2. The van der Waals surface area contributed by atoms with E-state index in [1.54, 1.807) is 0 Å². The molecule has 2 nitrogen and oxygen atoms in total. The number of hydrogen-bond acceptors (Lipinski definition) is 2. The Bertz CT molecular complexity index is 292. The predicted octanol–water partition coefficient (Wildman–Crippen LogP) is 2.98. The number of anilines is 1. The van der Waals surface area contributed by atoms with Crippen LogP contribution in [0.5, 0.6) is 0 Å². The van der Waals surface area contributed by atoms with E-state index >= 15 is 0 Å². The first-order valence-electron chi connectivity index (χ1n) is 4.66. The summed E-state index contributed by atoms with van der Waals surface area (Å²) >= 11 is 0. The molecule has 2 heteroatoms. The fourth-order valence-corrected chi connectivity index (χ4v) is 1.04. The Balaban J connectivity index is 2.71. The summed E-state index contributed by atoms with van der Waals surface area (Å²) in [5.41, 5.74) is 3.22. The molecule has 0 aliphatic rings. The van der Waals surface area contributed by atoms with E-state index in [-0.39, 0.29) is 0 Å². The van der Waals surface area contributed by atoms with Gasteiger partial charge in [-0.1, -0.05) is 20.4 Å². The molecule has 1 aromatic rings. The number of allylic oxidation sites excluding steroid dienone is 1. The van der Waals surface area contributed by atoms with Gasteiger partial charge < -0.3 is 5.32 Å². The van der Waals surface area contributed by atoms with Crippen molar-refractivity contribution in [3.05, 3.63) is 36.3 Å². The van der Waals surface area contributed by atoms with Crippen molar-refractivity contribution < 1.29 is 0 Å². The average Bonchev–Trinajstić information content (AvgIpc) is 2.18. The Morgan fingerprint density at radius 1 is 1.54 bits per heavy atom. The van der Waals surface area contributed by atoms with Gasteiger partial charge in [0.05, 0.1) is 0 Å². The van der Waals surface area contributed by atoms with Crippen molar-refractivity contribution in [3.8, 4) is 0 Å². The number of aryl methyl sites for hydroxylation is 1. The minimum absolute atomic E-state index is 0.948. The number of pyridine rings is 1. The molecule has 1 rings (SSSR count). The van der Waals surface area contributed by atoms with Gasteiger partial charge in [0.25, 0.3) is 0 Å². The van der Waals surface area contributed by atoms with Crippen molar-refractivity contribution in [2.45, 2.75) is 26.7 Å². The minimum atomic E-state index is 0.948. The van der Waals surface area contributed by atoms with Crippen LogP contribution in [0.1, 0.15) is 26.0 Å². The molecule has 70 valence electrons. The SMILES string of the molecule is C=C(CC)Nc1ccnc(CC)c1. The summed E-state index contributed by atoms with van der Waals surface area (Å²) in [5, 5.41) is 3.23. The van der Waals surface area contributed by atoms with Crippen molar-refractivity contribution in [1.82, 2.24) is 4.98 Å². The molecule has 0 unspecified atom stereocenters. The summed E-state index contributed by atoms with van der Waals surface area (Å²) in [5.74, 6) is 0. The van der Waals surface area contributed by atoms with E-state index in [1.165, 1.54) is 0 Å². The average molecular weight is 176 g/mol. The van der Waals surface area contributed by atoms with E-state index in [4.69, 9.17) is 0 Å². The lowest BCUT2D eigenvalue weighted by molar-refractivity contribution is 1.03. The van der Waals surface area contributed by atoms with Crippen LogP contribution in [-0.2, 0) is 6.42 Å². The van der Waals surface area contributed by atoms with Crippen LogP contribution < -0.4 is 5.32 Å². The van der Waals surface area contributed by atoms with Gasteiger partial charge in [-0.15, -0.1) is 0 Å². The zero-order valence-electron chi connectivity index (χ0n) is 8.30. The highest BCUT2D eigenvalue weighted by atomic mass is 14.9. The Labute approximate surface area is 79.7 Å². The molecule has 0 aromatic carbocycles. The van der Waals surface area contributed by atoms with Crippen LogP contribution in [0.25, 0.3) is 0 Å². The first-order valence-corrected chi connectivity index (χ1v) is 4.66. The van der Waals surface area contributed by atoms with Gasteiger partial charge in [-0.2, -0.15) is 0 Å². The highest BCUT2D eigenvalue weighted by Crippen LogP contribution is 2.11. The van der Waals surface area contributed by atoms with Crippen LogP contribution >= 0.6 is 0 Å². The third kappa shape index (κ3) is 2.90. The maximum atomic E-state index is 4.22. The van der Waals surface area contributed by atoms with E-state index in [2.05, 4.69) is 36.8 Å². The monoisotopic (exact) mass is 176 g/mol. The van der Waals surface area contributed by atoms with E-state index in [1.807, 2.05) is 12.3 Å². The van der Waals surface area contributed by atoms with Gasteiger partial charge in [0, 0.05) is 23.3 Å². The van der Waals surface area contributed by atoms with Crippen LogP contribution in [0.2, 0.25) is 0 Å². The molecule has 1 aromatic heterocycles. The highest BCUT2D eigenvalue weighted by molar-refractivity contribution is 5.47. The van der Waals surface area contributed by atoms with E-state index < -0.39 is 0 Å². The summed E-state index contributed by atoms with van der Waals surface area (Å²) in [6.07, 6.45) is 3.74. The largest absolute Gasteiger partial charge is 0.359 e. The standard InChI is InChI=1S/C11H16N2/c1-4-9(3)13-11-6-7-12-10(5-2)8-11/h6-8H,3-5H2,1-2H3,(H,12,13). The lowest BCUT2D eigenvalue weighted by Gasteiger charge is -2.07. The third-order valence-corrected chi connectivity index (χ3v) is 1.93.